The quantitative estimate of drug-likeness (QED) is 0.605. The van der Waals surface area contributed by atoms with E-state index in [1.54, 1.807) is 0 Å². The second-order valence-electron chi connectivity index (χ2n) is 7.39. The highest BCUT2D eigenvalue weighted by Gasteiger charge is 2.33. The molecule has 35 heavy (non-hydrogen) atoms. The van der Waals surface area contributed by atoms with Crippen molar-refractivity contribution < 1.29 is 32.3 Å². The lowest BCUT2D eigenvalue weighted by atomic mass is 9.98. The highest BCUT2D eigenvalue weighted by Crippen LogP contribution is 2.33. The van der Waals surface area contributed by atoms with Crippen molar-refractivity contribution in [2.45, 2.75) is 46.3 Å². The Labute approximate surface area is 202 Å². The molecule has 10 heteroatoms. The number of hydrogen-bond acceptors (Lipinski definition) is 5. The molecular formula is C25H28F3N3O4. The molecule has 2 aliphatic rings. The summed E-state index contributed by atoms with van der Waals surface area (Å²) in [6.07, 6.45) is -2.04. The van der Waals surface area contributed by atoms with Crippen LogP contribution in [0.15, 0.2) is 53.6 Å². The third-order valence-electron chi connectivity index (χ3n) is 5.02. The fraction of sp³-hybridized carbons (Fsp3) is 0.360. The number of hydrazone groups is 1. The predicted octanol–water partition coefficient (Wildman–Crippen LogP) is 5.01. The van der Waals surface area contributed by atoms with Gasteiger partial charge in [-0.25, -0.2) is 27.9 Å². The Morgan fingerprint density at radius 1 is 1.11 bits per heavy atom. The van der Waals surface area contributed by atoms with Crippen LogP contribution in [0.3, 0.4) is 0 Å². The number of imide groups is 1. The Kier molecular flexibility index (Phi) is 9.98. The molecule has 0 spiro atoms. The van der Waals surface area contributed by atoms with Crippen LogP contribution < -0.4 is 0 Å². The van der Waals surface area contributed by atoms with Gasteiger partial charge in [-0.15, -0.1) is 0 Å². The SMILES string of the molecule is CC.CC(=O)N1N=C(c2cc(F)ccc2F)CC1c1ccccc1.CC(F)C(=O)N1CCOC1=O. The molecule has 2 aliphatic heterocycles. The van der Waals surface area contributed by atoms with E-state index in [0.29, 0.717) is 12.1 Å². The van der Waals surface area contributed by atoms with Crippen molar-refractivity contribution in [2.75, 3.05) is 13.2 Å². The number of rotatable bonds is 3. The summed E-state index contributed by atoms with van der Waals surface area (Å²) in [4.78, 5) is 34.0. The molecule has 0 aromatic heterocycles. The van der Waals surface area contributed by atoms with Gasteiger partial charge in [-0.1, -0.05) is 44.2 Å². The van der Waals surface area contributed by atoms with Crippen molar-refractivity contribution in [1.29, 1.82) is 0 Å². The Morgan fingerprint density at radius 2 is 1.77 bits per heavy atom. The van der Waals surface area contributed by atoms with Gasteiger partial charge in [0.15, 0.2) is 6.17 Å². The number of ether oxygens (including phenoxy) is 1. The van der Waals surface area contributed by atoms with Crippen LogP contribution in [0.4, 0.5) is 18.0 Å². The summed E-state index contributed by atoms with van der Waals surface area (Å²) in [5, 5.41) is 5.54. The van der Waals surface area contributed by atoms with Crippen molar-refractivity contribution in [3.8, 4) is 0 Å². The lowest BCUT2D eigenvalue weighted by Crippen LogP contribution is -2.36. The maximum atomic E-state index is 13.9. The van der Waals surface area contributed by atoms with E-state index in [9.17, 15) is 27.6 Å². The van der Waals surface area contributed by atoms with Gasteiger partial charge in [-0.05, 0) is 30.7 Å². The zero-order valence-corrected chi connectivity index (χ0v) is 20.0. The Morgan fingerprint density at radius 3 is 2.31 bits per heavy atom. The van der Waals surface area contributed by atoms with Gasteiger partial charge >= 0.3 is 6.09 Å². The molecule has 0 bridgehead atoms. The normalized spacial score (nSPS) is 17.4. The maximum Gasteiger partial charge on any atom is 0.416 e. The second kappa shape index (κ2) is 12.7. The van der Waals surface area contributed by atoms with Crippen molar-refractivity contribution in [2.24, 2.45) is 5.10 Å². The number of alkyl halides is 1. The van der Waals surface area contributed by atoms with Crippen molar-refractivity contribution in [3.63, 3.8) is 0 Å². The number of benzene rings is 2. The number of carbonyl (C=O) groups excluding carboxylic acids is 3. The predicted molar refractivity (Wildman–Crippen MR) is 124 cm³/mol. The minimum atomic E-state index is -1.64. The molecule has 0 radical (unpaired) electrons. The third-order valence-corrected chi connectivity index (χ3v) is 5.02. The van der Waals surface area contributed by atoms with Crippen LogP contribution >= 0.6 is 0 Å². The molecule has 2 heterocycles. The van der Waals surface area contributed by atoms with E-state index in [4.69, 9.17) is 0 Å². The Hall–Kier alpha value is -3.69. The maximum absolute atomic E-state index is 13.9. The first-order chi connectivity index (χ1) is 16.7. The van der Waals surface area contributed by atoms with E-state index in [-0.39, 0.29) is 30.7 Å². The molecule has 1 saturated heterocycles. The third kappa shape index (κ3) is 6.91. The van der Waals surface area contributed by atoms with E-state index in [2.05, 4.69) is 9.84 Å². The van der Waals surface area contributed by atoms with E-state index in [1.165, 1.54) is 11.9 Å². The number of carbonyl (C=O) groups is 3. The molecule has 2 aromatic carbocycles. The smallest absolute Gasteiger partial charge is 0.416 e. The first-order valence-electron chi connectivity index (χ1n) is 11.2. The first-order valence-corrected chi connectivity index (χ1v) is 11.2. The lowest BCUT2D eigenvalue weighted by Gasteiger charge is -2.20. The van der Waals surface area contributed by atoms with Crippen molar-refractivity contribution in [3.05, 3.63) is 71.3 Å². The molecule has 2 unspecified atom stereocenters. The summed E-state index contributed by atoms with van der Waals surface area (Å²) in [6, 6.07) is 12.3. The molecule has 188 valence electrons. The van der Waals surface area contributed by atoms with Crippen LogP contribution in [0, 0.1) is 11.6 Å². The minimum Gasteiger partial charge on any atom is -0.447 e. The van der Waals surface area contributed by atoms with Gasteiger partial charge in [0.05, 0.1) is 18.3 Å². The van der Waals surface area contributed by atoms with Gasteiger partial charge < -0.3 is 4.74 Å². The molecular weight excluding hydrogens is 463 g/mol. The molecule has 0 N–H and O–H groups in total. The molecule has 1 fully saturated rings. The molecule has 7 nitrogen and oxygen atoms in total. The fourth-order valence-corrected chi connectivity index (χ4v) is 3.43. The van der Waals surface area contributed by atoms with Crippen LogP contribution in [-0.4, -0.2) is 52.9 Å². The minimum absolute atomic E-state index is 0.102. The first kappa shape index (κ1) is 27.6. The monoisotopic (exact) mass is 491 g/mol. The van der Waals surface area contributed by atoms with Crippen molar-refractivity contribution in [1.82, 2.24) is 9.91 Å². The summed E-state index contributed by atoms with van der Waals surface area (Å²) in [6.45, 7) is 6.82. The summed E-state index contributed by atoms with van der Waals surface area (Å²) >= 11 is 0. The van der Waals surface area contributed by atoms with E-state index >= 15 is 0 Å². The van der Waals surface area contributed by atoms with Gasteiger partial charge in [0.1, 0.15) is 18.2 Å². The molecule has 4 rings (SSSR count). The van der Waals surface area contributed by atoms with Crippen molar-refractivity contribution >= 4 is 23.6 Å². The topological polar surface area (TPSA) is 79.3 Å². The number of amides is 3. The zero-order chi connectivity index (χ0) is 26.1. The summed E-state index contributed by atoms with van der Waals surface area (Å²) in [5.41, 5.74) is 1.39. The van der Waals surface area contributed by atoms with Crippen LogP contribution in [0.25, 0.3) is 0 Å². The van der Waals surface area contributed by atoms with E-state index < -0.39 is 29.8 Å². The molecule has 2 atom stereocenters. The van der Waals surface area contributed by atoms with Gasteiger partial charge in [-0.2, -0.15) is 5.10 Å². The lowest BCUT2D eigenvalue weighted by molar-refractivity contribution is -0.132. The summed E-state index contributed by atoms with van der Waals surface area (Å²) < 4.78 is 44.1. The van der Waals surface area contributed by atoms with Gasteiger partial charge in [-0.3, -0.25) is 9.59 Å². The standard InChI is InChI=1S/C17H14F2N2O.C6H8FNO3.C2H6/c1-11(22)21-17(12-5-3-2-4-6-12)10-16(20-21)14-9-13(18)7-8-15(14)19;1-4(7)5(9)8-2-3-11-6(8)10;1-2/h2-9,17H,10H2,1H3;4H,2-3H2,1H3;1-2H3. The van der Waals surface area contributed by atoms with E-state index in [0.717, 1.165) is 35.6 Å². The summed E-state index contributed by atoms with van der Waals surface area (Å²) in [5.74, 6) is -2.14. The number of nitrogens with zero attached hydrogens (tertiary/aromatic N) is 3. The number of halogens is 3. The number of hydrogen-bond donors (Lipinski definition) is 0. The van der Waals surface area contributed by atoms with Crippen LogP contribution in [0.1, 0.15) is 51.3 Å². The fourth-order valence-electron chi connectivity index (χ4n) is 3.43. The zero-order valence-electron chi connectivity index (χ0n) is 20.0. The highest BCUT2D eigenvalue weighted by atomic mass is 19.1. The Bertz CT molecular complexity index is 1080. The van der Waals surface area contributed by atoms with Gasteiger partial charge in [0, 0.05) is 18.9 Å². The Balaban J connectivity index is 0.000000280. The largest absolute Gasteiger partial charge is 0.447 e. The molecule has 2 aromatic rings. The molecule has 3 amide bonds. The molecule has 0 saturated carbocycles. The number of cyclic esters (lactones) is 1. The average molecular weight is 492 g/mol. The second-order valence-corrected chi connectivity index (χ2v) is 7.39. The highest BCUT2D eigenvalue weighted by molar-refractivity contribution is 6.03. The van der Waals surface area contributed by atoms with E-state index in [1.807, 2.05) is 44.2 Å². The van der Waals surface area contributed by atoms with Gasteiger partial charge in [0.25, 0.3) is 5.91 Å². The average Bonchev–Trinajstić information content (AvgIpc) is 3.49. The van der Waals surface area contributed by atoms with Crippen LogP contribution in [0.2, 0.25) is 0 Å². The van der Waals surface area contributed by atoms with Crippen LogP contribution in [0.5, 0.6) is 0 Å². The summed E-state index contributed by atoms with van der Waals surface area (Å²) in [7, 11) is 0. The van der Waals surface area contributed by atoms with Gasteiger partial charge in [0.2, 0.25) is 5.91 Å². The molecule has 0 aliphatic carbocycles. The van der Waals surface area contributed by atoms with Crippen LogP contribution in [-0.2, 0) is 14.3 Å².